The number of hydrogen-bond acceptors (Lipinski definition) is 5. The maximum absolute atomic E-state index is 12.0. The van der Waals surface area contributed by atoms with Crippen molar-refractivity contribution in [3.63, 3.8) is 0 Å². The lowest BCUT2D eigenvalue weighted by Crippen LogP contribution is -2.28. The minimum Gasteiger partial charge on any atom is -0.404 e. The van der Waals surface area contributed by atoms with Gasteiger partial charge in [0.2, 0.25) is 0 Å². The molecule has 0 radical (unpaired) electrons. The van der Waals surface area contributed by atoms with Gasteiger partial charge in [-0.1, -0.05) is 0 Å². The average molecular weight is 304 g/mol. The van der Waals surface area contributed by atoms with E-state index in [9.17, 15) is 13.2 Å². The zero-order valence-electron chi connectivity index (χ0n) is 11.7. The minimum absolute atomic E-state index is 0.315. The van der Waals surface area contributed by atoms with E-state index in [4.69, 9.17) is 0 Å². The first-order valence-corrected chi connectivity index (χ1v) is 6.88. The number of pyridine rings is 1. The first kappa shape index (κ1) is 15.8. The van der Waals surface area contributed by atoms with E-state index in [0.717, 1.165) is 32.1 Å². The largest absolute Gasteiger partial charge is 0.573 e. The number of hydrazine groups is 1. The molecule has 118 valence electrons. The summed E-state index contributed by atoms with van der Waals surface area (Å²) in [7, 11) is 0. The molecule has 1 aromatic heterocycles. The summed E-state index contributed by atoms with van der Waals surface area (Å²) < 4.78 is 39.7. The second-order valence-corrected chi connectivity index (χ2v) is 5.07. The Hall–Kier alpha value is -1.54. The highest BCUT2D eigenvalue weighted by Gasteiger charge is 2.31. The van der Waals surface area contributed by atoms with Crippen LogP contribution in [0.1, 0.15) is 19.8 Å². The molecule has 21 heavy (non-hydrogen) atoms. The van der Waals surface area contributed by atoms with Gasteiger partial charge in [-0.3, -0.25) is 10.9 Å². The van der Waals surface area contributed by atoms with Crippen LogP contribution in [0.3, 0.4) is 0 Å². The quantitative estimate of drug-likeness (QED) is 0.704. The molecule has 2 rings (SSSR count). The molecule has 0 spiro atoms. The van der Waals surface area contributed by atoms with Crippen LogP contribution < -0.4 is 20.9 Å². The van der Waals surface area contributed by atoms with Crippen molar-refractivity contribution in [1.29, 1.82) is 0 Å². The Balaban J connectivity index is 1.69. The van der Waals surface area contributed by atoms with Crippen molar-refractivity contribution in [2.45, 2.75) is 32.2 Å². The van der Waals surface area contributed by atoms with Crippen LogP contribution in [0.4, 0.5) is 19.0 Å². The fourth-order valence-corrected chi connectivity index (χ4v) is 2.26. The van der Waals surface area contributed by atoms with Gasteiger partial charge in [0, 0.05) is 19.1 Å². The first-order chi connectivity index (χ1) is 9.94. The first-order valence-electron chi connectivity index (χ1n) is 6.88. The summed E-state index contributed by atoms with van der Waals surface area (Å²) >= 11 is 0. The summed E-state index contributed by atoms with van der Waals surface area (Å²) in [6.45, 7) is 3.83. The van der Waals surface area contributed by atoms with Crippen LogP contribution in [-0.2, 0) is 0 Å². The number of hydrogen-bond donors (Lipinski definition) is 3. The summed E-state index contributed by atoms with van der Waals surface area (Å²) in [6.07, 6.45) is -1.58. The van der Waals surface area contributed by atoms with Crippen molar-refractivity contribution < 1.29 is 17.9 Å². The molecule has 1 saturated heterocycles. The molecule has 2 unspecified atom stereocenters. The SMILES string of the molecule is CC1NNCC1CCCNc1ccc(OC(F)(F)F)cn1. The third kappa shape index (κ3) is 5.39. The predicted molar refractivity (Wildman–Crippen MR) is 72.7 cm³/mol. The zero-order valence-corrected chi connectivity index (χ0v) is 11.7. The fourth-order valence-electron chi connectivity index (χ4n) is 2.26. The molecule has 1 fully saturated rings. The van der Waals surface area contributed by atoms with Gasteiger partial charge in [-0.05, 0) is 37.8 Å². The number of nitrogens with one attached hydrogen (secondary N) is 3. The molecular formula is C13H19F3N4O. The Morgan fingerprint density at radius 3 is 2.81 bits per heavy atom. The molecule has 0 saturated carbocycles. The van der Waals surface area contributed by atoms with E-state index in [-0.39, 0.29) is 5.75 Å². The summed E-state index contributed by atoms with van der Waals surface area (Å²) in [6, 6.07) is 3.18. The Bertz CT molecular complexity index is 438. The third-order valence-corrected chi connectivity index (χ3v) is 3.43. The average Bonchev–Trinajstić information content (AvgIpc) is 2.80. The van der Waals surface area contributed by atoms with Crippen LogP contribution in [0, 0.1) is 5.92 Å². The molecule has 2 atom stereocenters. The van der Waals surface area contributed by atoms with Crippen molar-refractivity contribution in [1.82, 2.24) is 15.8 Å². The summed E-state index contributed by atoms with van der Waals surface area (Å²) in [4.78, 5) is 3.89. The van der Waals surface area contributed by atoms with Crippen LogP contribution in [0.5, 0.6) is 5.75 Å². The standard InChI is InChI=1S/C13H19F3N4O/c1-9-10(7-19-20-9)3-2-6-17-12-5-4-11(8-18-12)21-13(14,15)16/h4-5,8-10,19-20H,2-3,6-7H2,1H3,(H,17,18). The molecular weight excluding hydrogens is 285 g/mol. The highest BCUT2D eigenvalue weighted by molar-refractivity contribution is 5.37. The number of aromatic nitrogens is 1. The second kappa shape index (κ2) is 6.95. The molecule has 1 aliphatic heterocycles. The molecule has 1 aromatic rings. The fraction of sp³-hybridized carbons (Fsp3) is 0.615. The van der Waals surface area contributed by atoms with E-state index in [2.05, 4.69) is 32.8 Å². The number of anilines is 1. The van der Waals surface area contributed by atoms with E-state index < -0.39 is 6.36 Å². The Kier molecular flexibility index (Phi) is 5.24. The van der Waals surface area contributed by atoms with Gasteiger partial charge in [-0.15, -0.1) is 13.2 Å². The summed E-state index contributed by atoms with van der Waals surface area (Å²) in [5, 5.41) is 3.08. The third-order valence-electron chi connectivity index (χ3n) is 3.43. The van der Waals surface area contributed by atoms with Gasteiger partial charge in [0.1, 0.15) is 11.6 Å². The zero-order chi connectivity index (χ0) is 15.3. The predicted octanol–water partition coefficient (Wildman–Crippen LogP) is 2.28. The summed E-state index contributed by atoms with van der Waals surface area (Å²) in [5.74, 6) is 0.826. The van der Waals surface area contributed by atoms with E-state index in [1.165, 1.54) is 12.1 Å². The Labute approximate surface area is 121 Å². The van der Waals surface area contributed by atoms with E-state index in [1.54, 1.807) is 0 Å². The Morgan fingerprint density at radius 1 is 1.43 bits per heavy atom. The molecule has 1 aliphatic rings. The monoisotopic (exact) mass is 304 g/mol. The number of rotatable bonds is 6. The van der Waals surface area contributed by atoms with Crippen molar-refractivity contribution in [3.05, 3.63) is 18.3 Å². The maximum Gasteiger partial charge on any atom is 0.573 e. The smallest absolute Gasteiger partial charge is 0.404 e. The lowest BCUT2D eigenvalue weighted by atomic mass is 9.98. The molecule has 0 bridgehead atoms. The second-order valence-electron chi connectivity index (χ2n) is 5.07. The van der Waals surface area contributed by atoms with Crippen LogP contribution in [0.2, 0.25) is 0 Å². The normalized spacial score (nSPS) is 22.3. The molecule has 0 aliphatic carbocycles. The van der Waals surface area contributed by atoms with E-state index >= 15 is 0 Å². The van der Waals surface area contributed by atoms with Gasteiger partial charge in [-0.2, -0.15) is 0 Å². The molecule has 5 nitrogen and oxygen atoms in total. The maximum atomic E-state index is 12.0. The van der Waals surface area contributed by atoms with Crippen LogP contribution in [0.25, 0.3) is 0 Å². The van der Waals surface area contributed by atoms with E-state index in [0.29, 0.717) is 17.8 Å². The number of halogens is 3. The lowest BCUT2D eigenvalue weighted by molar-refractivity contribution is -0.274. The van der Waals surface area contributed by atoms with Crippen LogP contribution in [-0.4, -0.2) is 30.5 Å². The van der Waals surface area contributed by atoms with Gasteiger partial charge in [0.05, 0.1) is 6.20 Å². The van der Waals surface area contributed by atoms with Gasteiger partial charge in [0.15, 0.2) is 0 Å². The summed E-state index contributed by atoms with van der Waals surface area (Å²) in [5.41, 5.74) is 6.28. The van der Waals surface area contributed by atoms with E-state index in [1.807, 2.05) is 0 Å². The van der Waals surface area contributed by atoms with Crippen molar-refractivity contribution in [2.75, 3.05) is 18.4 Å². The molecule has 0 aromatic carbocycles. The van der Waals surface area contributed by atoms with Gasteiger partial charge >= 0.3 is 6.36 Å². The van der Waals surface area contributed by atoms with Crippen LogP contribution in [0.15, 0.2) is 18.3 Å². The van der Waals surface area contributed by atoms with Gasteiger partial charge in [0.25, 0.3) is 0 Å². The van der Waals surface area contributed by atoms with Crippen molar-refractivity contribution in [3.8, 4) is 5.75 Å². The lowest BCUT2D eigenvalue weighted by Gasteiger charge is -2.13. The number of ether oxygens (including phenoxy) is 1. The molecule has 2 heterocycles. The Morgan fingerprint density at radius 2 is 2.24 bits per heavy atom. The van der Waals surface area contributed by atoms with Crippen molar-refractivity contribution >= 4 is 5.82 Å². The van der Waals surface area contributed by atoms with Gasteiger partial charge in [-0.25, -0.2) is 4.98 Å². The topological polar surface area (TPSA) is 58.2 Å². The van der Waals surface area contributed by atoms with Gasteiger partial charge < -0.3 is 10.1 Å². The molecule has 0 amide bonds. The number of alkyl halides is 3. The molecule has 3 N–H and O–H groups in total. The molecule has 8 heteroatoms. The van der Waals surface area contributed by atoms with Crippen molar-refractivity contribution in [2.24, 2.45) is 5.92 Å². The highest BCUT2D eigenvalue weighted by atomic mass is 19.4. The minimum atomic E-state index is -4.68. The highest BCUT2D eigenvalue weighted by Crippen LogP contribution is 2.22. The van der Waals surface area contributed by atoms with Crippen LogP contribution >= 0.6 is 0 Å². The number of nitrogens with zero attached hydrogens (tertiary/aromatic N) is 1.